The molecule has 0 saturated heterocycles. The van der Waals surface area contributed by atoms with Crippen molar-refractivity contribution < 1.29 is 8.78 Å². The lowest BCUT2D eigenvalue weighted by Crippen LogP contribution is -2.09. The molecule has 0 unspecified atom stereocenters. The number of nitrogens with zero attached hydrogens (tertiary/aromatic N) is 3. The van der Waals surface area contributed by atoms with Gasteiger partial charge in [-0.25, -0.2) is 13.8 Å². The van der Waals surface area contributed by atoms with Crippen LogP contribution in [0.1, 0.15) is 0 Å². The first-order valence-electron chi connectivity index (χ1n) is 21.3. The molecule has 2 aromatic heterocycles. The molecule has 0 spiro atoms. The number of aromatic nitrogens is 2. The normalized spacial score (nSPS) is 11.3. The molecule has 5 heteroatoms. The van der Waals surface area contributed by atoms with Crippen molar-refractivity contribution in [2.75, 3.05) is 4.90 Å². The van der Waals surface area contributed by atoms with Crippen LogP contribution in [-0.2, 0) is 0 Å². The molecule has 11 rings (SSSR count). The van der Waals surface area contributed by atoms with Gasteiger partial charge in [-0.3, -0.25) is 0 Å². The summed E-state index contributed by atoms with van der Waals surface area (Å²) in [7, 11) is 0. The van der Waals surface area contributed by atoms with Gasteiger partial charge in [0.1, 0.15) is 11.6 Å². The Labute approximate surface area is 370 Å². The number of hydrogen-bond donors (Lipinski definition) is 0. The van der Waals surface area contributed by atoms with E-state index in [2.05, 4.69) is 185 Å². The maximum absolute atomic E-state index is 13.7. The van der Waals surface area contributed by atoms with Crippen LogP contribution in [0.25, 0.3) is 83.4 Å². The van der Waals surface area contributed by atoms with E-state index in [1.807, 2.05) is 12.1 Å². The SMILES string of the molecule is Fc1ccc(-c2ccc(N(c3ccc(-c4ccc(F)cc4)cc3)c3ccc(-c4ccc5c(c4)c4ccccc4n5-c4cc(-c5ccccc5)nc(-c5ccccc5)c4)cc3)cc2)cc1. The highest BCUT2D eigenvalue weighted by Crippen LogP contribution is 2.40. The van der Waals surface area contributed by atoms with Crippen molar-refractivity contribution in [2.45, 2.75) is 0 Å². The molecule has 0 aliphatic heterocycles. The minimum Gasteiger partial charge on any atom is -0.311 e. The van der Waals surface area contributed by atoms with Gasteiger partial charge in [0.2, 0.25) is 0 Å². The fourth-order valence-corrected chi connectivity index (χ4v) is 8.73. The third-order valence-electron chi connectivity index (χ3n) is 11.9. The zero-order chi connectivity index (χ0) is 43.0. The van der Waals surface area contributed by atoms with E-state index in [4.69, 9.17) is 4.98 Å². The number of fused-ring (bicyclic) bond motifs is 3. The zero-order valence-corrected chi connectivity index (χ0v) is 34.6. The molecule has 2 heterocycles. The van der Waals surface area contributed by atoms with Crippen LogP contribution in [0.4, 0.5) is 25.8 Å². The molecule has 64 heavy (non-hydrogen) atoms. The Kier molecular flexibility index (Phi) is 9.90. The van der Waals surface area contributed by atoms with Gasteiger partial charge in [0.15, 0.2) is 0 Å². The van der Waals surface area contributed by atoms with Crippen molar-refractivity contribution >= 4 is 38.9 Å². The third kappa shape index (κ3) is 7.39. The molecule has 0 saturated carbocycles. The monoisotopic (exact) mass is 827 g/mol. The lowest BCUT2D eigenvalue weighted by molar-refractivity contribution is 0.627. The molecule has 9 aromatic carbocycles. The highest BCUT2D eigenvalue weighted by atomic mass is 19.1. The van der Waals surface area contributed by atoms with Gasteiger partial charge >= 0.3 is 0 Å². The van der Waals surface area contributed by atoms with Gasteiger partial charge in [0.25, 0.3) is 0 Å². The first-order chi connectivity index (χ1) is 31.5. The number of para-hydroxylation sites is 1. The van der Waals surface area contributed by atoms with Gasteiger partial charge in [0.05, 0.1) is 28.1 Å². The van der Waals surface area contributed by atoms with Crippen LogP contribution in [0.15, 0.2) is 237 Å². The van der Waals surface area contributed by atoms with E-state index in [1.165, 1.54) is 35.0 Å². The van der Waals surface area contributed by atoms with Gasteiger partial charge in [-0.15, -0.1) is 0 Å². The van der Waals surface area contributed by atoms with Crippen molar-refractivity contribution in [3.8, 4) is 61.6 Å². The molecule has 0 aliphatic rings. The summed E-state index contributed by atoms with van der Waals surface area (Å²) in [5, 5.41) is 2.34. The van der Waals surface area contributed by atoms with E-state index in [1.54, 1.807) is 24.3 Å². The Hall–Kier alpha value is -8.41. The van der Waals surface area contributed by atoms with E-state index >= 15 is 0 Å². The van der Waals surface area contributed by atoms with Crippen molar-refractivity contribution in [1.29, 1.82) is 0 Å². The summed E-state index contributed by atoms with van der Waals surface area (Å²) in [5.74, 6) is -0.517. The zero-order valence-electron chi connectivity index (χ0n) is 34.6. The van der Waals surface area contributed by atoms with Gasteiger partial charge in [-0.05, 0) is 124 Å². The summed E-state index contributed by atoms with van der Waals surface area (Å²) in [6, 6.07) is 79.0. The van der Waals surface area contributed by atoms with Gasteiger partial charge in [0, 0.05) is 39.0 Å². The summed E-state index contributed by atoms with van der Waals surface area (Å²) in [6.45, 7) is 0. The molecular formula is C59H39F2N3. The Morgan fingerprint density at radius 3 is 1.16 bits per heavy atom. The molecular weight excluding hydrogens is 789 g/mol. The third-order valence-corrected chi connectivity index (χ3v) is 11.9. The summed E-state index contributed by atoms with van der Waals surface area (Å²) in [5.41, 5.74) is 16.3. The Balaban J connectivity index is 0.979. The highest BCUT2D eigenvalue weighted by molar-refractivity contribution is 6.10. The summed E-state index contributed by atoms with van der Waals surface area (Å²) in [4.78, 5) is 7.38. The summed E-state index contributed by atoms with van der Waals surface area (Å²) < 4.78 is 29.8. The van der Waals surface area contributed by atoms with Crippen molar-refractivity contribution in [1.82, 2.24) is 9.55 Å². The second-order valence-corrected chi connectivity index (χ2v) is 15.9. The minimum atomic E-state index is -0.258. The number of benzene rings is 9. The topological polar surface area (TPSA) is 21.1 Å². The Morgan fingerprint density at radius 1 is 0.312 bits per heavy atom. The average molecular weight is 828 g/mol. The lowest BCUT2D eigenvalue weighted by atomic mass is 10.0. The van der Waals surface area contributed by atoms with E-state index < -0.39 is 0 Å². The van der Waals surface area contributed by atoms with E-state index in [9.17, 15) is 8.78 Å². The molecule has 0 amide bonds. The van der Waals surface area contributed by atoms with Gasteiger partial charge < -0.3 is 9.47 Å². The number of halogens is 2. The molecule has 304 valence electrons. The number of anilines is 3. The second kappa shape index (κ2) is 16.5. The van der Waals surface area contributed by atoms with Crippen LogP contribution in [0, 0.1) is 11.6 Å². The van der Waals surface area contributed by atoms with Crippen LogP contribution in [0.2, 0.25) is 0 Å². The first-order valence-corrected chi connectivity index (χ1v) is 21.3. The fourth-order valence-electron chi connectivity index (χ4n) is 8.73. The smallest absolute Gasteiger partial charge is 0.123 e. The lowest BCUT2D eigenvalue weighted by Gasteiger charge is -2.26. The predicted octanol–water partition coefficient (Wildman–Crippen LogP) is 16.3. The van der Waals surface area contributed by atoms with Crippen molar-refractivity contribution in [3.63, 3.8) is 0 Å². The van der Waals surface area contributed by atoms with Crippen LogP contribution < -0.4 is 4.90 Å². The maximum Gasteiger partial charge on any atom is 0.123 e. The fraction of sp³-hybridized carbons (Fsp3) is 0. The van der Waals surface area contributed by atoms with Crippen LogP contribution >= 0.6 is 0 Å². The van der Waals surface area contributed by atoms with Gasteiger partial charge in [-0.2, -0.15) is 0 Å². The first kappa shape index (κ1) is 38.5. The van der Waals surface area contributed by atoms with Crippen LogP contribution in [0.3, 0.4) is 0 Å². The minimum absolute atomic E-state index is 0.258. The highest BCUT2D eigenvalue weighted by Gasteiger charge is 2.18. The molecule has 0 bridgehead atoms. The van der Waals surface area contributed by atoms with Crippen LogP contribution in [0.5, 0.6) is 0 Å². The molecule has 0 radical (unpaired) electrons. The summed E-state index contributed by atoms with van der Waals surface area (Å²) in [6.07, 6.45) is 0. The molecule has 11 aromatic rings. The Morgan fingerprint density at radius 2 is 0.688 bits per heavy atom. The molecule has 0 fully saturated rings. The number of pyridine rings is 1. The van der Waals surface area contributed by atoms with E-state index in [0.717, 1.165) is 89.7 Å². The van der Waals surface area contributed by atoms with Gasteiger partial charge in [-0.1, -0.05) is 146 Å². The predicted molar refractivity (Wildman–Crippen MR) is 260 cm³/mol. The van der Waals surface area contributed by atoms with E-state index in [-0.39, 0.29) is 11.6 Å². The largest absolute Gasteiger partial charge is 0.311 e. The summed E-state index contributed by atoms with van der Waals surface area (Å²) >= 11 is 0. The molecule has 0 atom stereocenters. The van der Waals surface area contributed by atoms with Crippen molar-refractivity contribution in [3.05, 3.63) is 248 Å². The maximum atomic E-state index is 13.7. The number of hydrogen-bond acceptors (Lipinski definition) is 2. The molecule has 0 aliphatic carbocycles. The Bertz CT molecular complexity index is 3250. The van der Waals surface area contributed by atoms with E-state index in [0.29, 0.717) is 0 Å². The standard InChI is InChI=1S/C59H39F2N3/c60-48-26-15-40(16-27-48)42-19-30-50(31-20-42)63(51-32-21-43(22-33-51)41-17-28-49(61)29-18-41)52-34-23-44(24-35-52)47-25-36-59-55(37-47)54-13-7-8-14-58(54)64(59)53-38-56(45-9-3-1-4-10-45)62-57(39-53)46-11-5-2-6-12-46/h1-39H. The second-order valence-electron chi connectivity index (χ2n) is 15.9. The molecule has 0 N–H and O–H groups in total. The molecule has 3 nitrogen and oxygen atoms in total. The van der Waals surface area contributed by atoms with Crippen LogP contribution in [-0.4, -0.2) is 9.55 Å². The number of rotatable bonds is 9. The average Bonchev–Trinajstić information content (AvgIpc) is 3.69. The quantitative estimate of drug-likeness (QED) is 0.145. The van der Waals surface area contributed by atoms with Crippen molar-refractivity contribution in [2.24, 2.45) is 0 Å².